The Bertz CT molecular complexity index is 718. The van der Waals surface area contributed by atoms with Gasteiger partial charge in [-0.15, -0.1) is 0 Å². The van der Waals surface area contributed by atoms with Gasteiger partial charge in [-0.25, -0.2) is 9.48 Å². The van der Waals surface area contributed by atoms with Crippen molar-refractivity contribution in [1.82, 2.24) is 14.8 Å². The van der Waals surface area contributed by atoms with Crippen LogP contribution in [0.5, 0.6) is 0 Å². The van der Waals surface area contributed by atoms with Crippen LogP contribution in [0, 0.1) is 0 Å². The molecule has 0 fully saturated rings. The zero-order valence-corrected chi connectivity index (χ0v) is 14.6. The summed E-state index contributed by atoms with van der Waals surface area (Å²) in [5.41, 5.74) is 0.347. The molecule has 0 amide bonds. The van der Waals surface area contributed by atoms with E-state index in [2.05, 4.69) is 17.0 Å². The molecular weight excluding hydrogens is 306 g/mol. The largest absolute Gasteiger partial charge is 0.462 e. The van der Waals surface area contributed by atoms with Gasteiger partial charge in [-0.3, -0.25) is 4.79 Å². The lowest BCUT2D eigenvalue weighted by Gasteiger charge is -2.05. The Morgan fingerprint density at radius 1 is 1.17 bits per heavy atom. The molecule has 24 heavy (non-hydrogen) atoms. The highest BCUT2D eigenvalue weighted by molar-refractivity contribution is 5.92. The molecule has 2 rings (SSSR count). The highest BCUT2D eigenvalue weighted by Gasteiger charge is 2.16. The number of aromatic nitrogens is 3. The molecule has 0 radical (unpaired) electrons. The van der Waals surface area contributed by atoms with Gasteiger partial charge in [0.25, 0.3) is 0 Å². The number of esters is 1. The van der Waals surface area contributed by atoms with Crippen LogP contribution in [0.4, 0.5) is 0 Å². The monoisotopic (exact) mass is 333 g/mol. The van der Waals surface area contributed by atoms with Crippen LogP contribution in [0.15, 0.2) is 17.2 Å². The van der Waals surface area contributed by atoms with E-state index in [0.29, 0.717) is 24.2 Å². The summed E-state index contributed by atoms with van der Waals surface area (Å²) in [6, 6.07) is 0. The van der Waals surface area contributed by atoms with Gasteiger partial charge in [0.15, 0.2) is 0 Å². The average Bonchev–Trinajstić information content (AvgIpc) is 3.01. The van der Waals surface area contributed by atoms with Crippen LogP contribution in [0.3, 0.4) is 0 Å². The van der Waals surface area contributed by atoms with E-state index in [1.54, 1.807) is 4.68 Å². The third-order valence-corrected chi connectivity index (χ3v) is 4.18. The Morgan fingerprint density at radius 2 is 1.88 bits per heavy atom. The zero-order valence-electron chi connectivity index (χ0n) is 14.6. The Balaban J connectivity index is 1.84. The van der Waals surface area contributed by atoms with Gasteiger partial charge in [0.2, 0.25) is 5.43 Å². The average molecular weight is 333 g/mol. The highest BCUT2D eigenvalue weighted by atomic mass is 16.5. The van der Waals surface area contributed by atoms with E-state index >= 15 is 0 Å². The fraction of sp³-hybridized carbons (Fsp3) is 0.611. The van der Waals surface area contributed by atoms with Crippen molar-refractivity contribution in [1.29, 1.82) is 0 Å². The molecule has 6 nitrogen and oxygen atoms in total. The van der Waals surface area contributed by atoms with Crippen LogP contribution in [-0.2, 0) is 11.3 Å². The number of carbonyl (C=O) groups is 1. The van der Waals surface area contributed by atoms with Gasteiger partial charge in [-0.2, -0.15) is 5.10 Å². The second-order valence-electron chi connectivity index (χ2n) is 6.01. The summed E-state index contributed by atoms with van der Waals surface area (Å²) in [6.07, 6.45) is 11.0. The van der Waals surface area contributed by atoms with E-state index in [9.17, 15) is 9.59 Å². The maximum Gasteiger partial charge on any atom is 0.343 e. The molecular formula is C18H27N3O3. The first-order chi connectivity index (χ1) is 11.7. The minimum Gasteiger partial charge on any atom is -0.462 e. The zero-order chi connectivity index (χ0) is 17.4. The third kappa shape index (κ3) is 4.46. The summed E-state index contributed by atoms with van der Waals surface area (Å²) < 4.78 is 6.92. The number of aryl methyl sites for hydroxylation is 1. The number of nitrogens with one attached hydrogen (secondary N) is 1. The van der Waals surface area contributed by atoms with Crippen molar-refractivity contribution in [3.8, 4) is 0 Å². The molecule has 0 bridgehead atoms. The minimum absolute atomic E-state index is 0.0427. The van der Waals surface area contributed by atoms with Crippen molar-refractivity contribution in [2.24, 2.45) is 0 Å². The number of nitrogens with zero attached hydrogens (tertiary/aromatic N) is 2. The first kappa shape index (κ1) is 18.2. The second kappa shape index (κ2) is 9.25. The molecule has 2 aromatic heterocycles. The number of carbonyl (C=O) groups excluding carboxylic acids is 1. The smallest absolute Gasteiger partial charge is 0.343 e. The first-order valence-electron chi connectivity index (χ1n) is 8.93. The quantitative estimate of drug-likeness (QED) is 0.532. The molecule has 0 saturated heterocycles. The summed E-state index contributed by atoms with van der Waals surface area (Å²) in [4.78, 5) is 27.4. The number of aromatic amines is 1. The maximum atomic E-state index is 12.4. The third-order valence-electron chi connectivity index (χ3n) is 4.18. The van der Waals surface area contributed by atoms with Crippen LogP contribution in [0.1, 0.15) is 69.2 Å². The van der Waals surface area contributed by atoms with Crippen molar-refractivity contribution < 1.29 is 9.53 Å². The summed E-state index contributed by atoms with van der Waals surface area (Å²) >= 11 is 0. The molecule has 0 atom stereocenters. The predicted octanol–water partition coefficient (Wildman–Crippen LogP) is 3.65. The molecule has 0 spiro atoms. The molecule has 2 aromatic rings. The Morgan fingerprint density at radius 3 is 2.58 bits per heavy atom. The maximum absolute atomic E-state index is 12.4. The van der Waals surface area contributed by atoms with E-state index in [1.807, 2.05) is 6.92 Å². The molecule has 0 aliphatic heterocycles. The number of pyridine rings is 1. The second-order valence-corrected chi connectivity index (χ2v) is 6.01. The Hall–Kier alpha value is -2.11. The van der Waals surface area contributed by atoms with E-state index in [0.717, 1.165) is 12.8 Å². The van der Waals surface area contributed by atoms with Crippen molar-refractivity contribution in [2.45, 2.75) is 65.3 Å². The van der Waals surface area contributed by atoms with E-state index in [4.69, 9.17) is 4.74 Å². The van der Waals surface area contributed by atoms with Crippen molar-refractivity contribution in [2.75, 3.05) is 6.61 Å². The summed E-state index contributed by atoms with van der Waals surface area (Å²) in [6.45, 7) is 5.15. The van der Waals surface area contributed by atoms with Gasteiger partial charge in [0.1, 0.15) is 11.2 Å². The van der Waals surface area contributed by atoms with Crippen molar-refractivity contribution >= 4 is 17.0 Å². The SMILES string of the molecule is CCCCCCCCCOC(=O)c1c[nH]c2c(cnn2CC)c1=O. The summed E-state index contributed by atoms with van der Waals surface area (Å²) in [5, 5.41) is 4.54. The molecule has 6 heteroatoms. The van der Waals surface area contributed by atoms with E-state index in [-0.39, 0.29) is 11.0 Å². The number of fused-ring (bicyclic) bond motifs is 1. The van der Waals surface area contributed by atoms with Crippen LogP contribution in [0.2, 0.25) is 0 Å². The molecule has 0 aromatic carbocycles. The van der Waals surface area contributed by atoms with Gasteiger partial charge in [-0.1, -0.05) is 45.4 Å². The number of ether oxygens (including phenoxy) is 1. The molecule has 0 aliphatic carbocycles. The van der Waals surface area contributed by atoms with Crippen molar-refractivity contribution in [3.05, 3.63) is 28.2 Å². The van der Waals surface area contributed by atoms with Crippen LogP contribution in [0.25, 0.3) is 11.0 Å². The van der Waals surface area contributed by atoms with E-state index < -0.39 is 5.97 Å². The Labute approximate surface area is 142 Å². The van der Waals surface area contributed by atoms with Gasteiger partial charge in [-0.05, 0) is 13.3 Å². The molecule has 132 valence electrons. The van der Waals surface area contributed by atoms with Crippen molar-refractivity contribution in [3.63, 3.8) is 0 Å². The molecule has 0 saturated carbocycles. The van der Waals surface area contributed by atoms with Gasteiger partial charge >= 0.3 is 5.97 Å². The number of unbranched alkanes of at least 4 members (excludes halogenated alkanes) is 6. The standard InChI is InChI=1S/C18H27N3O3/c1-3-5-6-7-8-9-10-11-24-18(23)15-12-19-17-14(16(15)22)13-20-21(17)4-2/h12-13H,3-11H2,1-2H3,(H,19,22). The van der Waals surface area contributed by atoms with Crippen LogP contribution >= 0.6 is 0 Å². The van der Waals surface area contributed by atoms with Crippen LogP contribution in [-0.4, -0.2) is 27.3 Å². The molecule has 2 heterocycles. The van der Waals surface area contributed by atoms with Crippen LogP contribution < -0.4 is 5.43 Å². The fourth-order valence-corrected chi connectivity index (χ4v) is 2.75. The normalized spacial score (nSPS) is 11.1. The number of H-pyrrole nitrogens is 1. The van der Waals surface area contributed by atoms with Gasteiger partial charge < -0.3 is 9.72 Å². The topological polar surface area (TPSA) is 77.0 Å². The number of hydrogen-bond acceptors (Lipinski definition) is 4. The number of hydrogen-bond donors (Lipinski definition) is 1. The molecule has 0 unspecified atom stereocenters. The predicted molar refractivity (Wildman–Crippen MR) is 94.3 cm³/mol. The van der Waals surface area contributed by atoms with E-state index in [1.165, 1.54) is 44.5 Å². The Kier molecular flexibility index (Phi) is 7.03. The lowest BCUT2D eigenvalue weighted by molar-refractivity contribution is 0.0496. The number of rotatable bonds is 10. The fourth-order valence-electron chi connectivity index (χ4n) is 2.75. The van der Waals surface area contributed by atoms with Gasteiger partial charge in [0, 0.05) is 12.7 Å². The highest BCUT2D eigenvalue weighted by Crippen LogP contribution is 2.09. The molecule has 0 aliphatic rings. The minimum atomic E-state index is -0.562. The first-order valence-corrected chi connectivity index (χ1v) is 8.93. The summed E-state index contributed by atoms with van der Waals surface area (Å²) in [5.74, 6) is -0.562. The van der Waals surface area contributed by atoms with Gasteiger partial charge in [0.05, 0.1) is 18.2 Å². The lowest BCUT2D eigenvalue weighted by atomic mass is 10.1. The summed E-state index contributed by atoms with van der Waals surface area (Å²) in [7, 11) is 0. The lowest BCUT2D eigenvalue weighted by Crippen LogP contribution is -2.18. The molecule has 1 N–H and O–H groups in total.